The topological polar surface area (TPSA) is 87.6 Å². The van der Waals surface area contributed by atoms with Crippen molar-refractivity contribution in [3.8, 4) is 0 Å². The lowest BCUT2D eigenvalue weighted by atomic mass is 10.1. The van der Waals surface area contributed by atoms with Gasteiger partial charge in [0.05, 0.1) is 19.4 Å². The second-order valence-corrected chi connectivity index (χ2v) is 7.49. The Morgan fingerprint density at radius 3 is 2.55 bits per heavy atom. The fourth-order valence-corrected chi connectivity index (χ4v) is 3.52. The molecule has 1 saturated heterocycles. The first-order valence-electron chi connectivity index (χ1n) is 10.6. The number of benzene rings is 3. The molecule has 166 valence electrons. The van der Waals surface area contributed by atoms with Crippen LogP contribution >= 0.6 is 0 Å². The highest BCUT2D eigenvalue weighted by Gasteiger charge is 2.17. The molecule has 2 heterocycles. The fourth-order valence-electron chi connectivity index (χ4n) is 3.52. The smallest absolute Gasteiger partial charge is 0.250 e. The number of hydrogen-bond acceptors (Lipinski definition) is 8. The van der Waals surface area contributed by atoms with Crippen LogP contribution in [0.3, 0.4) is 0 Å². The molecule has 9 heteroatoms. The molecule has 0 unspecified atom stereocenters. The molecule has 0 aliphatic carbocycles. The molecular formula is C24H22FN7O. The SMILES string of the molecule is Fc1cccc(/C=N/Nc2nc(Nc3ccc4ccccc4c3)nc(N3CCOCC3)n2)c1. The highest BCUT2D eigenvalue weighted by molar-refractivity contribution is 5.86. The number of halogens is 1. The van der Waals surface area contributed by atoms with Crippen LogP contribution in [0.4, 0.5) is 27.9 Å². The predicted molar refractivity (Wildman–Crippen MR) is 128 cm³/mol. The summed E-state index contributed by atoms with van der Waals surface area (Å²) < 4.78 is 18.8. The van der Waals surface area contributed by atoms with Gasteiger partial charge in [-0.05, 0) is 40.6 Å². The Labute approximate surface area is 190 Å². The molecule has 0 atom stereocenters. The van der Waals surface area contributed by atoms with Crippen LogP contribution in [0.1, 0.15) is 5.56 Å². The molecule has 0 bridgehead atoms. The zero-order chi connectivity index (χ0) is 22.5. The Morgan fingerprint density at radius 1 is 0.879 bits per heavy atom. The normalized spacial score (nSPS) is 14.0. The van der Waals surface area contributed by atoms with E-state index in [-0.39, 0.29) is 11.8 Å². The first-order valence-corrected chi connectivity index (χ1v) is 10.6. The molecule has 0 amide bonds. The molecule has 0 saturated carbocycles. The number of ether oxygens (including phenoxy) is 1. The fraction of sp³-hybridized carbons (Fsp3) is 0.167. The van der Waals surface area contributed by atoms with Crippen molar-refractivity contribution in [1.29, 1.82) is 0 Å². The van der Waals surface area contributed by atoms with Gasteiger partial charge in [0.15, 0.2) is 0 Å². The van der Waals surface area contributed by atoms with Gasteiger partial charge in [0.1, 0.15) is 5.82 Å². The van der Waals surface area contributed by atoms with Crippen molar-refractivity contribution < 1.29 is 9.13 Å². The second kappa shape index (κ2) is 9.58. The Bertz CT molecular complexity index is 1290. The van der Waals surface area contributed by atoms with Crippen LogP contribution in [0.2, 0.25) is 0 Å². The summed E-state index contributed by atoms with van der Waals surface area (Å²) in [6, 6.07) is 20.4. The van der Waals surface area contributed by atoms with E-state index in [4.69, 9.17) is 4.74 Å². The van der Waals surface area contributed by atoms with Gasteiger partial charge in [-0.15, -0.1) is 0 Å². The molecule has 0 radical (unpaired) electrons. The Hall–Kier alpha value is -4.11. The van der Waals surface area contributed by atoms with Crippen LogP contribution in [-0.2, 0) is 4.74 Å². The molecule has 1 fully saturated rings. The highest BCUT2D eigenvalue weighted by atomic mass is 19.1. The lowest BCUT2D eigenvalue weighted by Gasteiger charge is -2.27. The van der Waals surface area contributed by atoms with Gasteiger partial charge in [-0.25, -0.2) is 9.82 Å². The first-order chi connectivity index (χ1) is 16.2. The predicted octanol–water partition coefficient (Wildman–Crippen LogP) is 4.19. The minimum absolute atomic E-state index is 0.280. The largest absolute Gasteiger partial charge is 0.378 e. The Kier molecular flexibility index (Phi) is 6.03. The second-order valence-electron chi connectivity index (χ2n) is 7.49. The van der Waals surface area contributed by atoms with Crippen molar-refractivity contribution in [3.05, 3.63) is 78.1 Å². The van der Waals surface area contributed by atoms with Crippen molar-refractivity contribution >= 4 is 40.5 Å². The number of nitrogens with zero attached hydrogens (tertiary/aromatic N) is 5. The van der Waals surface area contributed by atoms with Gasteiger partial charge in [0, 0.05) is 18.8 Å². The third-order valence-corrected chi connectivity index (χ3v) is 5.15. The van der Waals surface area contributed by atoms with Crippen LogP contribution < -0.4 is 15.6 Å². The summed E-state index contributed by atoms with van der Waals surface area (Å²) in [7, 11) is 0. The maximum atomic E-state index is 13.4. The summed E-state index contributed by atoms with van der Waals surface area (Å²) in [5, 5.41) is 9.70. The van der Waals surface area contributed by atoms with Crippen LogP contribution in [0.5, 0.6) is 0 Å². The van der Waals surface area contributed by atoms with Crippen LogP contribution in [-0.4, -0.2) is 47.5 Å². The number of aromatic nitrogens is 3. The van der Waals surface area contributed by atoms with E-state index in [0.717, 1.165) is 16.5 Å². The maximum Gasteiger partial charge on any atom is 0.250 e. The van der Waals surface area contributed by atoms with E-state index >= 15 is 0 Å². The van der Waals surface area contributed by atoms with Crippen LogP contribution in [0.15, 0.2) is 71.8 Å². The number of rotatable bonds is 6. The van der Waals surface area contributed by atoms with Gasteiger partial charge in [0.2, 0.25) is 17.8 Å². The lowest BCUT2D eigenvalue weighted by molar-refractivity contribution is 0.122. The number of hydrogen-bond donors (Lipinski definition) is 2. The van der Waals surface area contributed by atoms with Crippen molar-refractivity contribution in [2.75, 3.05) is 41.9 Å². The summed E-state index contributed by atoms with van der Waals surface area (Å²) in [5.74, 6) is 0.878. The van der Waals surface area contributed by atoms with Crippen molar-refractivity contribution in [2.45, 2.75) is 0 Å². The summed E-state index contributed by atoms with van der Waals surface area (Å²) in [4.78, 5) is 15.6. The number of fused-ring (bicyclic) bond motifs is 1. The maximum absolute atomic E-state index is 13.4. The number of hydrazone groups is 1. The highest BCUT2D eigenvalue weighted by Crippen LogP contribution is 2.22. The average molecular weight is 443 g/mol. The van der Waals surface area contributed by atoms with Crippen LogP contribution in [0.25, 0.3) is 10.8 Å². The van der Waals surface area contributed by atoms with Crippen LogP contribution in [0, 0.1) is 5.82 Å². The van der Waals surface area contributed by atoms with Crippen molar-refractivity contribution in [1.82, 2.24) is 15.0 Å². The summed E-state index contributed by atoms with van der Waals surface area (Å²) in [6.45, 7) is 2.59. The number of morpholine rings is 1. The zero-order valence-electron chi connectivity index (χ0n) is 17.8. The van der Waals surface area contributed by atoms with E-state index in [2.05, 4.69) is 42.9 Å². The average Bonchev–Trinajstić information content (AvgIpc) is 2.84. The lowest BCUT2D eigenvalue weighted by Crippen LogP contribution is -2.37. The van der Waals surface area contributed by atoms with E-state index in [1.165, 1.54) is 18.3 Å². The Balaban J connectivity index is 1.41. The minimum Gasteiger partial charge on any atom is -0.378 e. The standard InChI is InChI=1S/C24H22FN7O/c25-20-7-3-4-17(14-20)16-26-31-23-28-22(29-24(30-23)32-10-12-33-13-11-32)27-21-9-8-18-5-1-2-6-19(18)15-21/h1-9,14-16H,10-13H2,(H2,27,28,29,30,31)/b26-16+. The minimum atomic E-state index is -0.324. The molecular weight excluding hydrogens is 421 g/mol. The van der Waals surface area contributed by atoms with Crippen molar-refractivity contribution in [3.63, 3.8) is 0 Å². The van der Waals surface area contributed by atoms with Gasteiger partial charge in [0.25, 0.3) is 0 Å². The first kappa shape index (κ1) is 20.8. The molecule has 5 rings (SSSR count). The zero-order valence-corrected chi connectivity index (χ0v) is 17.8. The summed E-state index contributed by atoms with van der Waals surface area (Å²) in [5.41, 5.74) is 4.32. The molecule has 33 heavy (non-hydrogen) atoms. The quantitative estimate of drug-likeness (QED) is 0.341. The monoisotopic (exact) mass is 443 g/mol. The molecule has 8 nitrogen and oxygen atoms in total. The van der Waals surface area contributed by atoms with Crippen molar-refractivity contribution in [2.24, 2.45) is 5.10 Å². The number of nitrogens with one attached hydrogen (secondary N) is 2. The molecule has 1 aromatic heterocycles. The van der Waals surface area contributed by atoms with Gasteiger partial charge >= 0.3 is 0 Å². The van der Waals surface area contributed by atoms with Gasteiger partial charge in [-0.2, -0.15) is 20.1 Å². The molecule has 1 aliphatic heterocycles. The molecule has 0 spiro atoms. The summed E-state index contributed by atoms with van der Waals surface area (Å²) >= 11 is 0. The molecule has 3 aromatic carbocycles. The van der Waals surface area contributed by atoms with E-state index in [9.17, 15) is 4.39 Å². The molecule has 2 N–H and O–H groups in total. The van der Waals surface area contributed by atoms with Gasteiger partial charge in [-0.1, -0.05) is 42.5 Å². The van der Waals surface area contributed by atoms with E-state index in [1.54, 1.807) is 12.1 Å². The Morgan fingerprint density at radius 2 is 1.70 bits per heavy atom. The van der Waals surface area contributed by atoms with E-state index < -0.39 is 0 Å². The van der Waals surface area contributed by atoms with E-state index in [0.29, 0.717) is 43.8 Å². The van der Waals surface area contributed by atoms with Gasteiger partial charge < -0.3 is 15.0 Å². The number of anilines is 4. The van der Waals surface area contributed by atoms with Gasteiger partial charge in [-0.3, -0.25) is 0 Å². The third kappa shape index (κ3) is 5.21. The van der Waals surface area contributed by atoms with E-state index in [1.807, 2.05) is 35.2 Å². The molecule has 1 aliphatic rings. The third-order valence-electron chi connectivity index (χ3n) is 5.15. The summed E-state index contributed by atoms with van der Waals surface area (Å²) in [6.07, 6.45) is 1.51. The molecule has 4 aromatic rings.